The summed E-state index contributed by atoms with van der Waals surface area (Å²) in [5.41, 5.74) is 2.67. The van der Waals surface area contributed by atoms with Gasteiger partial charge in [0.25, 0.3) is 0 Å². The molecular weight excluding hydrogens is 520 g/mol. The van der Waals surface area contributed by atoms with Crippen LogP contribution in [0.15, 0.2) is 103 Å². The Morgan fingerprint density at radius 3 is 1.29 bits per heavy atom. The number of carbonyl (C=O) groups is 2. The lowest BCUT2D eigenvalue weighted by atomic mass is 10.1. The molecule has 0 aliphatic rings. The summed E-state index contributed by atoms with van der Waals surface area (Å²) in [5.74, 6) is -1.07. The van der Waals surface area contributed by atoms with Gasteiger partial charge in [-0.25, -0.2) is 9.59 Å². The number of aromatic carboxylic acids is 2. The summed E-state index contributed by atoms with van der Waals surface area (Å²) in [6.45, 7) is 0. The zero-order valence-corrected chi connectivity index (χ0v) is 21.4. The monoisotopic (exact) mass is 542 g/mol. The highest BCUT2D eigenvalue weighted by atomic mass is 16.4. The maximum atomic E-state index is 11.3. The minimum atomic E-state index is -0.978. The number of aromatic nitrogens is 3. The van der Waals surface area contributed by atoms with Gasteiger partial charge < -0.3 is 26.2 Å². The van der Waals surface area contributed by atoms with Gasteiger partial charge in [0.15, 0.2) is 0 Å². The molecule has 1 aromatic heterocycles. The van der Waals surface area contributed by atoms with Gasteiger partial charge in [-0.3, -0.25) is 0 Å². The lowest BCUT2D eigenvalue weighted by Crippen LogP contribution is -2.07. The van der Waals surface area contributed by atoms with E-state index in [4.69, 9.17) is 0 Å². The minimum Gasteiger partial charge on any atom is -0.478 e. The number of carboxylic acids is 2. The number of hydrogen-bond donors (Lipinski definition) is 5. The van der Waals surface area contributed by atoms with E-state index >= 15 is 0 Å². The second-order valence-electron chi connectivity index (χ2n) is 9.21. The Morgan fingerprint density at radius 1 is 0.463 bits per heavy atom. The van der Waals surface area contributed by atoms with Crippen molar-refractivity contribution in [2.75, 3.05) is 16.0 Å². The van der Waals surface area contributed by atoms with Crippen LogP contribution in [0.2, 0.25) is 0 Å². The average molecular weight is 543 g/mol. The quantitative estimate of drug-likeness (QED) is 0.139. The van der Waals surface area contributed by atoms with Crippen molar-refractivity contribution in [1.82, 2.24) is 15.0 Å². The largest absolute Gasteiger partial charge is 0.478 e. The Hall–Kier alpha value is -6.03. The Kier molecular flexibility index (Phi) is 6.54. The van der Waals surface area contributed by atoms with E-state index in [0.717, 1.165) is 27.2 Å². The van der Waals surface area contributed by atoms with Crippen molar-refractivity contribution in [2.45, 2.75) is 0 Å². The number of hydrogen-bond acceptors (Lipinski definition) is 8. The van der Waals surface area contributed by atoms with Gasteiger partial charge in [-0.05, 0) is 82.2 Å². The lowest BCUT2D eigenvalue weighted by molar-refractivity contribution is 0.0686. The maximum absolute atomic E-state index is 11.3. The van der Waals surface area contributed by atoms with Gasteiger partial charge in [0, 0.05) is 17.1 Å². The van der Waals surface area contributed by atoms with Gasteiger partial charge in [-0.15, -0.1) is 0 Å². The molecule has 5 N–H and O–H groups in total. The van der Waals surface area contributed by atoms with Crippen LogP contribution < -0.4 is 16.0 Å². The van der Waals surface area contributed by atoms with Gasteiger partial charge in [0.05, 0.1) is 11.1 Å². The Bertz CT molecular complexity index is 1830. The van der Waals surface area contributed by atoms with Gasteiger partial charge >= 0.3 is 11.9 Å². The number of carboxylic acid groups (broad SMARTS) is 2. The number of para-hydroxylation sites is 1. The molecule has 0 atom stereocenters. The van der Waals surface area contributed by atoms with Crippen LogP contribution in [-0.2, 0) is 0 Å². The predicted octanol–water partition coefficient (Wildman–Crippen LogP) is 6.81. The topological polar surface area (TPSA) is 149 Å². The van der Waals surface area contributed by atoms with Crippen LogP contribution in [0.4, 0.5) is 34.9 Å². The number of nitrogens with one attached hydrogen (secondary N) is 3. The van der Waals surface area contributed by atoms with Gasteiger partial charge in [0.2, 0.25) is 17.8 Å². The first kappa shape index (κ1) is 25.3. The summed E-state index contributed by atoms with van der Waals surface area (Å²) < 4.78 is 0. The molecule has 0 unspecified atom stereocenters. The third-order valence-electron chi connectivity index (χ3n) is 6.35. The first-order chi connectivity index (χ1) is 19.9. The highest BCUT2D eigenvalue weighted by molar-refractivity contribution is 5.96. The maximum Gasteiger partial charge on any atom is 0.335 e. The highest BCUT2D eigenvalue weighted by Crippen LogP contribution is 2.26. The molecule has 6 aromatic rings. The zero-order valence-electron chi connectivity index (χ0n) is 21.4. The number of nitrogens with zero attached hydrogens (tertiary/aromatic N) is 3. The standard InChI is InChI=1S/C31H22N6O4/c38-27(39)22-8-6-20-16-25(12-10-18(20)14-22)33-30-35-29(32-24-4-2-1-3-5-24)36-31(37-30)34-26-13-11-19-15-23(28(40)41)9-7-21(19)17-26/h1-17H,(H,38,39)(H,40,41)(H3,32,33,34,35,36,37). The zero-order chi connectivity index (χ0) is 28.3. The highest BCUT2D eigenvalue weighted by Gasteiger charge is 2.11. The number of anilines is 6. The second kappa shape index (κ2) is 10.6. The first-order valence-corrected chi connectivity index (χ1v) is 12.6. The van der Waals surface area contributed by atoms with E-state index in [1.165, 1.54) is 0 Å². The fraction of sp³-hybridized carbons (Fsp3) is 0. The molecule has 0 aliphatic carbocycles. The summed E-state index contributed by atoms with van der Waals surface area (Å²) in [7, 11) is 0. The molecule has 6 rings (SSSR count). The van der Waals surface area contributed by atoms with Crippen LogP contribution in [0.25, 0.3) is 21.5 Å². The summed E-state index contributed by atoms with van der Waals surface area (Å²) in [6, 6.07) is 30.5. The summed E-state index contributed by atoms with van der Waals surface area (Å²) >= 11 is 0. The minimum absolute atomic E-state index is 0.221. The Labute approximate surface area is 233 Å². The molecular formula is C31H22N6O4. The normalized spacial score (nSPS) is 10.8. The molecule has 41 heavy (non-hydrogen) atoms. The first-order valence-electron chi connectivity index (χ1n) is 12.6. The van der Waals surface area contributed by atoms with Crippen molar-refractivity contribution >= 4 is 68.4 Å². The molecule has 0 saturated carbocycles. The van der Waals surface area contributed by atoms with E-state index in [-0.39, 0.29) is 23.0 Å². The van der Waals surface area contributed by atoms with Crippen LogP contribution in [0.3, 0.4) is 0 Å². The lowest BCUT2D eigenvalue weighted by Gasteiger charge is -2.12. The fourth-order valence-corrected chi connectivity index (χ4v) is 4.37. The van der Waals surface area contributed by atoms with Crippen molar-refractivity contribution in [3.63, 3.8) is 0 Å². The molecule has 200 valence electrons. The van der Waals surface area contributed by atoms with Crippen molar-refractivity contribution in [3.8, 4) is 0 Å². The molecule has 0 aliphatic heterocycles. The predicted molar refractivity (Wildman–Crippen MR) is 158 cm³/mol. The summed E-state index contributed by atoms with van der Waals surface area (Å²) in [4.78, 5) is 36.3. The van der Waals surface area contributed by atoms with Crippen molar-refractivity contribution in [3.05, 3.63) is 114 Å². The molecule has 10 nitrogen and oxygen atoms in total. The van der Waals surface area contributed by atoms with E-state index in [2.05, 4.69) is 30.9 Å². The third kappa shape index (κ3) is 5.71. The summed E-state index contributed by atoms with van der Waals surface area (Å²) in [6.07, 6.45) is 0. The van der Waals surface area contributed by atoms with Crippen LogP contribution in [-0.4, -0.2) is 37.1 Å². The van der Waals surface area contributed by atoms with E-state index in [1.807, 2.05) is 66.7 Å². The average Bonchev–Trinajstić information content (AvgIpc) is 2.97. The van der Waals surface area contributed by atoms with E-state index in [0.29, 0.717) is 17.3 Å². The van der Waals surface area contributed by atoms with Crippen LogP contribution in [0.1, 0.15) is 20.7 Å². The van der Waals surface area contributed by atoms with Crippen molar-refractivity contribution < 1.29 is 19.8 Å². The van der Waals surface area contributed by atoms with E-state index in [9.17, 15) is 19.8 Å². The number of benzene rings is 5. The molecule has 0 saturated heterocycles. The number of fused-ring (bicyclic) bond motifs is 2. The van der Waals surface area contributed by atoms with Crippen LogP contribution >= 0.6 is 0 Å². The molecule has 10 heteroatoms. The molecule has 5 aromatic carbocycles. The SMILES string of the molecule is O=C(O)c1ccc2cc(Nc3nc(Nc4ccccc4)nc(Nc4ccc5cc(C(=O)O)ccc5c4)n3)ccc2c1. The van der Waals surface area contributed by atoms with Crippen LogP contribution in [0.5, 0.6) is 0 Å². The third-order valence-corrected chi connectivity index (χ3v) is 6.35. The molecule has 0 amide bonds. The van der Waals surface area contributed by atoms with Crippen molar-refractivity contribution in [1.29, 1.82) is 0 Å². The fourth-order valence-electron chi connectivity index (χ4n) is 4.37. The Balaban J connectivity index is 1.32. The molecule has 1 heterocycles. The van der Waals surface area contributed by atoms with Gasteiger partial charge in [-0.1, -0.05) is 42.5 Å². The molecule has 0 spiro atoms. The van der Waals surface area contributed by atoms with Gasteiger partial charge in [0.1, 0.15) is 0 Å². The molecule has 0 fully saturated rings. The Morgan fingerprint density at radius 2 is 0.854 bits per heavy atom. The van der Waals surface area contributed by atoms with Crippen LogP contribution in [0, 0.1) is 0 Å². The number of rotatable bonds is 8. The molecule has 0 radical (unpaired) electrons. The van der Waals surface area contributed by atoms with E-state index in [1.54, 1.807) is 36.4 Å². The van der Waals surface area contributed by atoms with E-state index < -0.39 is 11.9 Å². The smallest absolute Gasteiger partial charge is 0.335 e. The molecule has 0 bridgehead atoms. The second-order valence-corrected chi connectivity index (χ2v) is 9.21. The van der Waals surface area contributed by atoms with Crippen molar-refractivity contribution in [2.24, 2.45) is 0 Å². The summed E-state index contributed by atoms with van der Waals surface area (Å²) in [5, 5.41) is 31.5. The van der Waals surface area contributed by atoms with Gasteiger partial charge in [-0.2, -0.15) is 15.0 Å².